The number of carbonyl (C=O) groups excluding carboxylic acids is 1. The second kappa shape index (κ2) is 7.39. The Labute approximate surface area is 143 Å². The molecule has 3 rings (SSSR count). The molecule has 2 N–H and O–H groups in total. The van der Waals surface area contributed by atoms with Crippen LogP contribution in [0.3, 0.4) is 0 Å². The van der Waals surface area contributed by atoms with Gasteiger partial charge in [-0.15, -0.1) is 0 Å². The number of hydrogen-bond donors (Lipinski definition) is 2. The molecule has 0 radical (unpaired) electrons. The third-order valence-corrected chi connectivity index (χ3v) is 4.46. The highest BCUT2D eigenvalue weighted by Gasteiger charge is 2.14. The highest BCUT2D eigenvalue weighted by atomic mass is 16.5. The van der Waals surface area contributed by atoms with Gasteiger partial charge in [-0.3, -0.25) is 4.79 Å². The molecule has 0 fully saturated rings. The van der Waals surface area contributed by atoms with Gasteiger partial charge < -0.3 is 15.4 Å². The number of ether oxygens (including phenoxy) is 1. The molecule has 2 aromatic carbocycles. The monoisotopic (exact) mass is 324 g/mol. The van der Waals surface area contributed by atoms with E-state index in [1.54, 1.807) is 7.11 Å². The Morgan fingerprint density at radius 2 is 1.96 bits per heavy atom. The molecule has 4 heteroatoms. The second-order valence-electron chi connectivity index (χ2n) is 6.26. The Balaban J connectivity index is 1.65. The highest BCUT2D eigenvalue weighted by Crippen LogP contribution is 2.28. The largest absolute Gasteiger partial charge is 0.495 e. The first-order chi connectivity index (χ1) is 11.7. The fourth-order valence-corrected chi connectivity index (χ4v) is 3.24. The van der Waals surface area contributed by atoms with E-state index >= 15 is 0 Å². The summed E-state index contributed by atoms with van der Waals surface area (Å²) in [6.07, 6.45) is 4.70. The van der Waals surface area contributed by atoms with Crippen molar-refractivity contribution in [3.8, 4) is 5.75 Å². The van der Waals surface area contributed by atoms with E-state index < -0.39 is 0 Å². The minimum absolute atomic E-state index is 0.0766. The average molecular weight is 324 g/mol. The van der Waals surface area contributed by atoms with E-state index in [0.29, 0.717) is 11.4 Å². The summed E-state index contributed by atoms with van der Waals surface area (Å²) in [5, 5.41) is 6.22. The summed E-state index contributed by atoms with van der Waals surface area (Å²) in [6.45, 7) is 2.23. The number of aryl methyl sites for hydroxylation is 2. The number of carbonyl (C=O) groups is 1. The van der Waals surface area contributed by atoms with E-state index in [0.717, 1.165) is 24.1 Å². The first kappa shape index (κ1) is 16.4. The van der Waals surface area contributed by atoms with E-state index in [4.69, 9.17) is 4.74 Å². The molecule has 0 saturated heterocycles. The Kier molecular flexibility index (Phi) is 5.04. The Bertz CT molecular complexity index is 740. The molecular formula is C20H24N2O2. The van der Waals surface area contributed by atoms with Crippen LogP contribution in [0.25, 0.3) is 0 Å². The number of methoxy groups -OCH3 is 1. The lowest BCUT2D eigenvalue weighted by atomic mass is 9.90. The lowest BCUT2D eigenvalue weighted by molar-refractivity contribution is -0.114. The molecule has 0 atom stereocenters. The topological polar surface area (TPSA) is 50.4 Å². The maximum Gasteiger partial charge on any atom is 0.243 e. The zero-order valence-corrected chi connectivity index (χ0v) is 14.3. The fraction of sp³-hybridized carbons (Fsp3) is 0.350. The third-order valence-electron chi connectivity index (χ3n) is 4.46. The summed E-state index contributed by atoms with van der Waals surface area (Å²) >= 11 is 0. The van der Waals surface area contributed by atoms with Gasteiger partial charge in [0, 0.05) is 5.69 Å². The zero-order chi connectivity index (χ0) is 16.9. The molecule has 4 nitrogen and oxygen atoms in total. The second-order valence-corrected chi connectivity index (χ2v) is 6.26. The minimum atomic E-state index is -0.0766. The first-order valence-corrected chi connectivity index (χ1v) is 8.46. The van der Waals surface area contributed by atoms with Gasteiger partial charge in [-0.1, -0.05) is 18.2 Å². The van der Waals surface area contributed by atoms with Crippen LogP contribution in [0.4, 0.5) is 11.4 Å². The first-order valence-electron chi connectivity index (χ1n) is 8.46. The number of rotatable bonds is 5. The van der Waals surface area contributed by atoms with Crippen molar-refractivity contribution >= 4 is 17.3 Å². The van der Waals surface area contributed by atoms with Crippen molar-refractivity contribution < 1.29 is 9.53 Å². The van der Waals surface area contributed by atoms with Gasteiger partial charge in [-0.25, -0.2) is 0 Å². The predicted octanol–water partition coefficient (Wildman–Crippen LogP) is 3.93. The summed E-state index contributed by atoms with van der Waals surface area (Å²) in [4.78, 5) is 12.3. The van der Waals surface area contributed by atoms with Gasteiger partial charge in [0.05, 0.1) is 19.3 Å². The quantitative estimate of drug-likeness (QED) is 0.876. The van der Waals surface area contributed by atoms with Crippen LogP contribution < -0.4 is 15.4 Å². The lowest BCUT2D eigenvalue weighted by Gasteiger charge is -2.20. The molecule has 2 aromatic rings. The summed E-state index contributed by atoms with van der Waals surface area (Å²) in [5.41, 5.74) is 5.64. The lowest BCUT2D eigenvalue weighted by Crippen LogP contribution is -2.23. The standard InChI is InChI=1S/C20H24N2O2/c1-14-10-11-19(24-2)18(12-14)22-20(23)13-21-17-9-5-7-15-6-3-4-8-16(15)17/h5,7,9-12,21H,3-4,6,8,13H2,1-2H3,(H,22,23). The number of anilines is 2. The van der Waals surface area contributed by atoms with Gasteiger partial charge in [-0.2, -0.15) is 0 Å². The molecule has 1 aliphatic carbocycles. The molecule has 0 aromatic heterocycles. The summed E-state index contributed by atoms with van der Waals surface area (Å²) < 4.78 is 5.30. The van der Waals surface area contributed by atoms with Crippen LogP contribution in [0, 0.1) is 6.92 Å². The van der Waals surface area contributed by atoms with Crippen LogP contribution in [0.2, 0.25) is 0 Å². The molecule has 1 aliphatic rings. The van der Waals surface area contributed by atoms with Crippen LogP contribution in [-0.2, 0) is 17.6 Å². The van der Waals surface area contributed by atoms with Gasteiger partial charge in [0.1, 0.15) is 5.75 Å². The number of benzene rings is 2. The maximum atomic E-state index is 12.3. The van der Waals surface area contributed by atoms with Gasteiger partial charge >= 0.3 is 0 Å². The molecule has 0 unspecified atom stereocenters. The highest BCUT2D eigenvalue weighted by molar-refractivity contribution is 5.95. The fourth-order valence-electron chi connectivity index (χ4n) is 3.24. The molecule has 0 aliphatic heterocycles. The van der Waals surface area contributed by atoms with E-state index in [9.17, 15) is 4.79 Å². The Morgan fingerprint density at radius 1 is 1.12 bits per heavy atom. The Hall–Kier alpha value is -2.49. The normalized spacial score (nSPS) is 13.1. The van der Waals surface area contributed by atoms with Crippen molar-refractivity contribution in [2.75, 3.05) is 24.3 Å². The van der Waals surface area contributed by atoms with Crippen molar-refractivity contribution in [3.05, 3.63) is 53.1 Å². The van der Waals surface area contributed by atoms with Crippen LogP contribution in [-0.4, -0.2) is 19.6 Å². The zero-order valence-electron chi connectivity index (χ0n) is 14.3. The molecule has 0 bridgehead atoms. The van der Waals surface area contributed by atoms with Gasteiger partial charge in [0.25, 0.3) is 0 Å². The van der Waals surface area contributed by atoms with E-state index in [1.807, 2.05) is 25.1 Å². The van der Waals surface area contributed by atoms with E-state index in [-0.39, 0.29) is 12.5 Å². The van der Waals surface area contributed by atoms with Crippen molar-refractivity contribution in [1.82, 2.24) is 0 Å². The van der Waals surface area contributed by atoms with E-state index in [1.165, 1.54) is 24.0 Å². The molecular weight excluding hydrogens is 300 g/mol. The van der Waals surface area contributed by atoms with Crippen LogP contribution >= 0.6 is 0 Å². The summed E-state index contributed by atoms with van der Waals surface area (Å²) in [6, 6.07) is 12.1. The molecule has 24 heavy (non-hydrogen) atoms. The SMILES string of the molecule is COc1ccc(C)cc1NC(=O)CNc1cccc2c1CCCC2. The summed E-state index contributed by atoms with van der Waals surface area (Å²) in [7, 11) is 1.61. The predicted molar refractivity (Wildman–Crippen MR) is 97.9 cm³/mol. The van der Waals surface area contributed by atoms with Crippen LogP contribution in [0.5, 0.6) is 5.75 Å². The molecule has 1 amide bonds. The maximum absolute atomic E-state index is 12.3. The van der Waals surface area contributed by atoms with Gasteiger partial charge in [0.15, 0.2) is 0 Å². The van der Waals surface area contributed by atoms with Crippen molar-refractivity contribution in [1.29, 1.82) is 0 Å². The van der Waals surface area contributed by atoms with Crippen molar-refractivity contribution in [2.24, 2.45) is 0 Å². The molecule has 126 valence electrons. The third kappa shape index (κ3) is 3.70. The molecule has 0 saturated carbocycles. The molecule has 0 heterocycles. The van der Waals surface area contributed by atoms with Crippen LogP contribution in [0.1, 0.15) is 29.5 Å². The smallest absolute Gasteiger partial charge is 0.243 e. The van der Waals surface area contributed by atoms with Crippen molar-refractivity contribution in [3.63, 3.8) is 0 Å². The van der Waals surface area contributed by atoms with Crippen LogP contribution in [0.15, 0.2) is 36.4 Å². The van der Waals surface area contributed by atoms with E-state index in [2.05, 4.69) is 28.8 Å². The van der Waals surface area contributed by atoms with Crippen molar-refractivity contribution in [2.45, 2.75) is 32.6 Å². The average Bonchev–Trinajstić information content (AvgIpc) is 2.60. The number of hydrogen-bond acceptors (Lipinski definition) is 3. The Morgan fingerprint density at radius 3 is 2.79 bits per heavy atom. The molecule has 0 spiro atoms. The number of amides is 1. The minimum Gasteiger partial charge on any atom is -0.495 e. The summed E-state index contributed by atoms with van der Waals surface area (Å²) in [5.74, 6) is 0.596. The van der Waals surface area contributed by atoms with Gasteiger partial charge in [0.2, 0.25) is 5.91 Å². The number of fused-ring (bicyclic) bond motifs is 1. The van der Waals surface area contributed by atoms with Gasteiger partial charge in [-0.05, 0) is 67.5 Å². The number of nitrogens with one attached hydrogen (secondary N) is 2.